The fourth-order valence-electron chi connectivity index (χ4n) is 7.13. The smallest absolute Gasteiger partial charge is 0.456 e. The van der Waals surface area contributed by atoms with Crippen molar-refractivity contribution in [2.75, 3.05) is 12.4 Å². The number of rotatable bonds is 11. The maximum Gasteiger partial charge on any atom is 0.456 e. The van der Waals surface area contributed by atoms with Gasteiger partial charge in [0.05, 0.1) is 23.7 Å². The summed E-state index contributed by atoms with van der Waals surface area (Å²) < 4.78 is 41.4. The Morgan fingerprint density at radius 2 is 1.67 bits per heavy atom. The predicted molar refractivity (Wildman–Crippen MR) is 194 cm³/mol. The molecule has 3 aromatic carbocycles. The van der Waals surface area contributed by atoms with Gasteiger partial charge in [-0.15, -0.1) is 0 Å². The highest BCUT2D eigenvalue weighted by molar-refractivity contribution is 9.10. The molecule has 0 bridgehead atoms. The normalized spacial score (nSPS) is 20.2. The second kappa shape index (κ2) is 14.3. The molecule has 2 N–H and O–H groups in total. The summed E-state index contributed by atoms with van der Waals surface area (Å²) in [6, 6.07) is 26.0. The standard InChI is InChI=1S/C36H44BBrO6SSi/c1-5-12-26(21-27-22-29(38)18-19-32(27)39)17-20-33-35-28(25-45(41,42)34(35)23-37(40)44-33)24-43-46(36(2,3)4,30-13-8-6-9-14-30)31-15-10-7-11-16-31/h6-11,13-16,18-19,21-22,33-34,39-40H,5,12,17,20,23-25H2,1-4H3/b26-21+/t33-,34+/m1/s1. The molecule has 3 aromatic rings. The van der Waals surface area contributed by atoms with Gasteiger partial charge in [-0.2, -0.15) is 0 Å². The van der Waals surface area contributed by atoms with E-state index in [1.54, 1.807) is 12.1 Å². The quantitative estimate of drug-likeness (QED) is 0.170. The first kappa shape index (κ1) is 34.9. The van der Waals surface area contributed by atoms with Gasteiger partial charge < -0.3 is 19.2 Å². The van der Waals surface area contributed by atoms with Crippen LogP contribution in [0.2, 0.25) is 11.4 Å². The molecule has 0 aromatic heterocycles. The van der Waals surface area contributed by atoms with Crippen molar-refractivity contribution in [1.82, 2.24) is 0 Å². The molecule has 10 heteroatoms. The van der Waals surface area contributed by atoms with E-state index >= 15 is 0 Å². The van der Waals surface area contributed by atoms with Gasteiger partial charge in [0.1, 0.15) is 5.75 Å². The van der Waals surface area contributed by atoms with Crippen molar-refractivity contribution in [3.05, 3.63) is 106 Å². The van der Waals surface area contributed by atoms with Gasteiger partial charge in [0, 0.05) is 16.4 Å². The van der Waals surface area contributed by atoms with Crippen LogP contribution in [0.4, 0.5) is 0 Å². The molecule has 6 nitrogen and oxygen atoms in total. The molecule has 0 saturated carbocycles. The second-order valence-corrected chi connectivity index (χ2v) is 20.8. The average Bonchev–Trinajstić information content (AvgIpc) is 3.27. The number of aromatic hydroxyl groups is 1. The molecule has 2 aliphatic rings. The minimum absolute atomic E-state index is 0.0282. The summed E-state index contributed by atoms with van der Waals surface area (Å²) in [7, 11) is -7.60. The monoisotopic (exact) mass is 722 g/mol. The van der Waals surface area contributed by atoms with Crippen LogP contribution in [-0.2, 0) is 18.9 Å². The first-order valence-electron chi connectivity index (χ1n) is 16.1. The van der Waals surface area contributed by atoms with Crippen LogP contribution in [-0.4, -0.2) is 57.7 Å². The van der Waals surface area contributed by atoms with Gasteiger partial charge in [0.2, 0.25) is 0 Å². The fourth-order valence-corrected chi connectivity index (χ4v) is 14.2. The van der Waals surface area contributed by atoms with Crippen molar-refractivity contribution in [1.29, 1.82) is 0 Å². The molecule has 2 heterocycles. The van der Waals surface area contributed by atoms with Crippen LogP contribution in [0.25, 0.3) is 6.08 Å². The highest BCUT2D eigenvalue weighted by Crippen LogP contribution is 2.42. The maximum atomic E-state index is 13.6. The molecule has 0 unspecified atom stereocenters. The lowest BCUT2D eigenvalue weighted by Gasteiger charge is -2.43. The summed E-state index contributed by atoms with van der Waals surface area (Å²) in [6.07, 6.45) is 4.38. The molecule has 0 spiro atoms. The Hall–Kier alpha value is -2.47. The van der Waals surface area contributed by atoms with E-state index in [2.05, 4.69) is 67.9 Å². The molecule has 1 fully saturated rings. The van der Waals surface area contributed by atoms with Crippen molar-refractivity contribution in [2.24, 2.45) is 0 Å². The van der Waals surface area contributed by atoms with E-state index in [4.69, 9.17) is 9.08 Å². The Morgan fingerprint density at radius 1 is 1.04 bits per heavy atom. The van der Waals surface area contributed by atoms with Crippen molar-refractivity contribution in [2.45, 2.75) is 76.1 Å². The largest absolute Gasteiger partial charge is 0.507 e. The number of halogens is 1. The molecule has 1 saturated heterocycles. The third-order valence-electron chi connectivity index (χ3n) is 9.18. The second-order valence-electron chi connectivity index (χ2n) is 13.4. The predicted octanol–water partition coefficient (Wildman–Crippen LogP) is 6.67. The van der Waals surface area contributed by atoms with Crippen molar-refractivity contribution in [3.63, 3.8) is 0 Å². The zero-order chi connectivity index (χ0) is 33.1. The highest BCUT2D eigenvalue weighted by Gasteiger charge is 2.52. The average molecular weight is 724 g/mol. The Morgan fingerprint density at radius 3 is 2.26 bits per heavy atom. The molecule has 244 valence electrons. The topological polar surface area (TPSA) is 93.1 Å². The molecule has 0 aliphatic carbocycles. The Bertz CT molecular complexity index is 1650. The number of phenolic OH excluding ortho intramolecular Hbond substituents is 1. The van der Waals surface area contributed by atoms with Gasteiger partial charge in [-0.1, -0.05) is 122 Å². The third-order valence-corrected chi connectivity index (χ3v) is 16.7. The van der Waals surface area contributed by atoms with Gasteiger partial charge in [-0.05, 0) is 64.0 Å². The van der Waals surface area contributed by atoms with Gasteiger partial charge >= 0.3 is 7.12 Å². The summed E-state index contributed by atoms with van der Waals surface area (Å²) in [4.78, 5) is 0. The van der Waals surface area contributed by atoms with Crippen LogP contribution < -0.4 is 10.4 Å². The van der Waals surface area contributed by atoms with Crippen LogP contribution >= 0.6 is 15.9 Å². The van der Waals surface area contributed by atoms with E-state index < -0.39 is 36.6 Å². The lowest BCUT2D eigenvalue weighted by atomic mass is 9.74. The lowest BCUT2D eigenvalue weighted by molar-refractivity contribution is 0.168. The Kier molecular flexibility index (Phi) is 10.9. The molecule has 46 heavy (non-hydrogen) atoms. The Balaban J connectivity index is 1.51. The van der Waals surface area contributed by atoms with E-state index in [0.717, 1.165) is 50.0 Å². The van der Waals surface area contributed by atoms with E-state index in [-0.39, 0.29) is 29.5 Å². The minimum atomic E-state index is -3.53. The number of phenols is 1. The van der Waals surface area contributed by atoms with Crippen LogP contribution in [0.3, 0.4) is 0 Å². The molecular weight excluding hydrogens is 679 g/mol. The number of benzene rings is 3. The molecule has 0 amide bonds. The van der Waals surface area contributed by atoms with Gasteiger partial charge in [-0.3, -0.25) is 0 Å². The number of allylic oxidation sites excluding steroid dienone is 1. The molecule has 2 atom stereocenters. The minimum Gasteiger partial charge on any atom is -0.507 e. The highest BCUT2D eigenvalue weighted by atomic mass is 79.9. The van der Waals surface area contributed by atoms with Gasteiger partial charge in [0.15, 0.2) is 9.84 Å². The number of fused-ring (bicyclic) bond motifs is 1. The maximum absolute atomic E-state index is 13.6. The van der Waals surface area contributed by atoms with E-state index in [1.807, 2.05) is 48.5 Å². The molecule has 0 radical (unpaired) electrons. The van der Waals surface area contributed by atoms with E-state index in [9.17, 15) is 18.5 Å². The van der Waals surface area contributed by atoms with Crippen molar-refractivity contribution < 1.29 is 27.6 Å². The third kappa shape index (κ3) is 7.32. The van der Waals surface area contributed by atoms with Crippen molar-refractivity contribution in [3.8, 4) is 5.75 Å². The zero-order valence-electron chi connectivity index (χ0n) is 27.1. The summed E-state index contributed by atoms with van der Waals surface area (Å²) >= 11 is 3.49. The van der Waals surface area contributed by atoms with Gasteiger partial charge in [0.25, 0.3) is 8.32 Å². The van der Waals surface area contributed by atoms with Crippen LogP contribution in [0.15, 0.2) is 100 Å². The number of hydrogen-bond acceptors (Lipinski definition) is 6. The van der Waals surface area contributed by atoms with Crippen LogP contribution in [0.5, 0.6) is 5.75 Å². The zero-order valence-corrected chi connectivity index (χ0v) is 30.5. The van der Waals surface area contributed by atoms with Gasteiger partial charge in [-0.25, -0.2) is 8.42 Å². The molecular formula is C36H44BBrO6SSi. The number of sulfone groups is 1. The molecule has 5 rings (SSSR count). The van der Waals surface area contributed by atoms with E-state index in [0.29, 0.717) is 12.8 Å². The molecule has 2 aliphatic heterocycles. The summed E-state index contributed by atoms with van der Waals surface area (Å²) in [5.74, 6) is 0.106. The lowest BCUT2D eigenvalue weighted by Crippen LogP contribution is -2.66. The fraction of sp³-hybridized carbons (Fsp3) is 0.389. The number of hydrogen-bond donors (Lipinski definition) is 2. The summed E-state index contributed by atoms with van der Waals surface area (Å²) in [5.41, 5.74) is 3.36. The Labute approximate surface area is 283 Å². The van der Waals surface area contributed by atoms with Crippen LogP contribution in [0, 0.1) is 0 Å². The summed E-state index contributed by atoms with van der Waals surface area (Å²) in [5, 5.41) is 22.4. The SMILES string of the molecule is CCC/C(=C\c1cc(Br)ccc1O)CC[C@H]1OB(O)C[C@H]2C1=C(CO[Si](c1ccccc1)(c1ccccc1)C(C)(C)C)CS2(=O)=O. The van der Waals surface area contributed by atoms with Crippen LogP contribution in [0.1, 0.15) is 58.9 Å². The van der Waals surface area contributed by atoms with Crippen molar-refractivity contribution >= 4 is 57.7 Å². The summed E-state index contributed by atoms with van der Waals surface area (Å²) in [6.45, 7) is 8.91. The van der Waals surface area contributed by atoms with E-state index in [1.165, 1.54) is 0 Å². The first-order valence-corrected chi connectivity index (χ1v) is 20.5. The first-order chi connectivity index (χ1) is 21.9.